The van der Waals surface area contributed by atoms with Gasteiger partial charge >= 0.3 is 0 Å². The van der Waals surface area contributed by atoms with Gasteiger partial charge in [0.25, 0.3) is 0 Å². The van der Waals surface area contributed by atoms with E-state index in [1.807, 2.05) is 0 Å². The summed E-state index contributed by atoms with van der Waals surface area (Å²) in [5.41, 5.74) is 0.468. The molecule has 1 aromatic carbocycles. The molecule has 1 aromatic rings. The lowest BCUT2D eigenvalue weighted by Crippen LogP contribution is -2.01. The maximum Gasteiger partial charge on any atom is 0.165 e. The molecule has 4 heteroatoms. The summed E-state index contributed by atoms with van der Waals surface area (Å²) in [6.07, 6.45) is -0.722. The number of alkyl halides is 1. The van der Waals surface area contributed by atoms with Gasteiger partial charge in [-0.05, 0) is 24.6 Å². The zero-order valence-corrected chi connectivity index (χ0v) is 7.84. The van der Waals surface area contributed by atoms with Crippen molar-refractivity contribution in [3.8, 4) is 5.75 Å². The molecule has 0 aliphatic carbocycles. The average molecular weight is 202 g/mol. The van der Waals surface area contributed by atoms with Gasteiger partial charge in [0.05, 0.1) is 6.10 Å². The molecule has 0 saturated heterocycles. The molecule has 0 radical (unpaired) electrons. The van der Waals surface area contributed by atoms with E-state index in [1.165, 1.54) is 19.1 Å². The minimum atomic E-state index is -0.722. The summed E-state index contributed by atoms with van der Waals surface area (Å²) < 4.78 is 29.7. The van der Waals surface area contributed by atoms with Crippen LogP contribution in [0.4, 0.5) is 8.78 Å². The number of aliphatic hydroxyl groups is 1. The third kappa shape index (κ3) is 2.67. The van der Waals surface area contributed by atoms with Crippen molar-refractivity contribution in [1.29, 1.82) is 0 Å². The van der Waals surface area contributed by atoms with Gasteiger partial charge in [0, 0.05) is 0 Å². The molecule has 0 aliphatic rings. The predicted molar refractivity (Wildman–Crippen MR) is 48.5 cm³/mol. The minimum Gasteiger partial charge on any atom is -0.488 e. The van der Waals surface area contributed by atoms with Crippen LogP contribution in [0, 0.1) is 5.82 Å². The topological polar surface area (TPSA) is 29.5 Å². The zero-order valence-electron chi connectivity index (χ0n) is 7.84. The van der Waals surface area contributed by atoms with Gasteiger partial charge < -0.3 is 9.84 Å². The molecule has 2 nitrogen and oxygen atoms in total. The molecule has 78 valence electrons. The highest BCUT2D eigenvalue weighted by molar-refractivity contribution is 5.30. The molecule has 1 N–H and O–H groups in total. The summed E-state index contributed by atoms with van der Waals surface area (Å²) in [5.74, 6) is -0.580. The summed E-state index contributed by atoms with van der Waals surface area (Å²) >= 11 is 0. The molecule has 0 aromatic heterocycles. The zero-order chi connectivity index (χ0) is 10.6. The van der Waals surface area contributed by atoms with Crippen molar-refractivity contribution in [1.82, 2.24) is 0 Å². The average Bonchev–Trinajstić information content (AvgIpc) is 2.15. The van der Waals surface area contributed by atoms with E-state index in [0.717, 1.165) is 0 Å². The Kier molecular flexibility index (Phi) is 3.83. The Hall–Kier alpha value is -1.16. The van der Waals surface area contributed by atoms with Gasteiger partial charge in [-0.25, -0.2) is 8.78 Å². The van der Waals surface area contributed by atoms with E-state index >= 15 is 0 Å². The Bertz CT molecular complexity index is 300. The van der Waals surface area contributed by atoms with Crippen LogP contribution < -0.4 is 4.74 Å². The van der Waals surface area contributed by atoms with Crippen LogP contribution in [0.3, 0.4) is 0 Å². The van der Waals surface area contributed by atoms with E-state index in [1.54, 1.807) is 6.07 Å². The summed E-state index contributed by atoms with van der Waals surface area (Å²) in [7, 11) is 0. The molecule has 0 amide bonds. The highest BCUT2D eigenvalue weighted by Gasteiger charge is 2.07. The van der Waals surface area contributed by atoms with Crippen molar-refractivity contribution in [3.05, 3.63) is 29.6 Å². The number of hydrogen-bond acceptors (Lipinski definition) is 2. The maximum atomic E-state index is 13.2. The number of ether oxygens (including phenoxy) is 1. The third-order valence-corrected chi connectivity index (χ3v) is 1.77. The summed E-state index contributed by atoms with van der Waals surface area (Å²) in [4.78, 5) is 0. The van der Waals surface area contributed by atoms with Crippen LogP contribution in [0.2, 0.25) is 0 Å². The fraction of sp³-hybridized carbons (Fsp3) is 0.400. The van der Waals surface area contributed by atoms with E-state index in [0.29, 0.717) is 5.56 Å². The van der Waals surface area contributed by atoms with Gasteiger partial charge in [-0.2, -0.15) is 0 Å². The SMILES string of the molecule is C[C@@H](O)c1ccc(OCCF)c(F)c1. The van der Waals surface area contributed by atoms with Crippen molar-refractivity contribution < 1.29 is 18.6 Å². The Morgan fingerprint density at radius 3 is 2.71 bits per heavy atom. The largest absolute Gasteiger partial charge is 0.488 e. The lowest BCUT2D eigenvalue weighted by atomic mass is 10.1. The molecule has 1 rings (SSSR count). The van der Waals surface area contributed by atoms with E-state index in [4.69, 9.17) is 9.84 Å². The van der Waals surface area contributed by atoms with Crippen LogP contribution in [0.1, 0.15) is 18.6 Å². The second-order valence-electron chi connectivity index (χ2n) is 2.90. The van der Waals surface area contributed by atoms with Crippen LogP contribution in [0.5, 0.6) is 5.75 Å². The molecule has 0 bridgehead atoms. The van der Waals surface area contributed by atoms with Crippen LogP contribution >= 0.6 is 0 Å². The fourth-order valence-corrected chi connectivity index (χ4v) is 1.04. The molecular formula is C10H12F2O2. The molecule has 1 atom stereocenters. The minimum absolute atomic E-state index is 0.00653. The highest BCUT2D eigenvalue weighted by Crippen LogP contribution is 2.21. The molecule has 0 aliphatic heterocycles. The van der Waals surface area contributed by atoms with Crippen LogP contribution in [0.15, 0.2) is 18.2 Å². The molecular weight excluding hydrogens is 190 g/mol. The first-order valence-corrected chi connectivity index (χ1v) is 4.31. The van der Waals surface area contributed by atoms with Gasteiger partial charge in [0.1, 0.15) is 13.3 Å². The molecule has 0 fully saturated rings. The first kappa shape index (κ1) is 10.9. The first-order chi connectivity index (χ1) is 6.65. The normalized spacial score (nSPS) is 12.6. The van der Waals surface area contributed by atoms with E-state index in [2.05, 4.69) is 0 Å². The van der Waals surface area contributed by atoms with Crippen LogP contribution in [0.25, 0.3) is 0 Å². The van der Waals surface area contributed by atoms with Crippen molar-refractivity contribution in [3.63, 3.8) is 0 Å². The highest BCUT2D eigenvalue weighted by atomic mass is 19.1. The van der Waals surface area contributed by atoms with E-state index < -0.39 is 18.6 Å². The monoisotopic (exact) mass is 202 g/mol. The quantitative estimate of drug-likeness (QED) is 0.811. The molecule has 0 unspecified atom stereocenters. The number of benzene rings is 1. The molecule has 0 heterocycles. The Morgan fingerprint density at radius 1 is 1.50 bits per heavy atom. The Morgan fingerprint density at radius 2 is 2.21 bits per heavy atom. The van der Waals surface area contributed by atoms with Crippen LogP contribution in [-0.2, 0) is 0 Å². The van der Waals surface area contributed by atoms with Crippen LogP contribution in [-0.4, -0.2) is 18.4 Å². The standard InChI is InChI=1S/C10H12F2O2/c1-7(13)8-2-3-10(9(12)6-8)14-5-4-11/h2-3,6-7,13H,4-5H2,1H3/t7-/m1/s1. The van der Waals surface area contributed by atoms with Crippen molar-refractivity contribution in [2.45, 2.75) is 13.0 Å². The van der Waals surface area contributed by atoms with Gasteiger partial charge in [-0.3, -0.25) is 0 Å². The molecule has 0 spiro atoms. The smallest absolute Gasteiger partial charge is 0.165 e. The van der Waals surface area contributed by atoms with E-state index in [9.17, 15) is 8.78 Å². The van der Waals surface area contributed by atoms with Crippen molar-refractivity contribution in [2.24, 2.45) is 0 Å². The van der Waals surface area contributed by atoms with E-state index in [-0.39, 0.29) is 12.4 Å². The van der Waals surface area contributed by atoms with Gasteiger partial charge in [0.2, 0.25) is 0 Å². The molecule has 0 saturated carbocycles. The predicted octanol–water partition coefficient (Wildman–Crippen LogP) is 2.23. The third-order valence-electron chi connectivity index (χ3n) is 1.77. The van der Waals surface area contributed by atoms with Crippen molar-refractivity contribution in [2.75, 3.05) is 13.3 Å². The molecule has 14 heavy (non-hydrogen) atoms. The number of rotatable bonds is 4. The Labute approximate surface area is 81.1 Å². The number of aliphatic hydroxyl groups excluding tert-OH is 1. The fourth-order valence-electron chi connectivity index (χ4n) is 1.04. The Balaban J connectivity index is 2.79. The lowest BCUT2D eigenvalue weighted by molar-refractivity contribution is 0.198. The maximum absolute atomic E-state index is 13.2. The summed E-state index contributed by atoms with van der Waals surface area (Å²) in [5, 5.41) is 9.15. The number of hydrogen-bond donors (Lipinski definition) is 1. The second-order valence-corrected chi connectivity index (χ2v) is 2.90. The van der Waals surface area contributed by atoms with Gasteiger partial charge in [0.15, 0.2) is 11.6 Å². The van der Waals surface area contributed by atoms with Gasteiger partial charge in [-0.1, -0.05) is 6.07 Å². The number of halogens is 2. The lowest BCUT2D eigenvalue weighted by Gasteiger charge is -2.08. The second kappa shape index (κ2) is 4.91. The summed E-state index contributed by atoms with van der Waals surface area (Å²) in [6.45, 7) is 0.722. The van der Waals surface area contributed by atoms with Gasteiger partial charge in [-0.15, -0.1) is 0 Å². The summed E-state index contributed by atoms with van der Waals surface area (Å²) in [6, 6.07) is 4.10. The first-order valence-electron chi connectivity index (χ1n) is 4.31. The van der Waals surface area contributed by atoms with Crippen molar-refractivity contribution >= 4 is 0 Å².